The summed E-state index contributed by atoms with van der Waals surface area (Å²) in [5, 5.41) is 2.28. The van der Waals surface area contributed by atoms with Crippen molar-refractivity contribution in [3.63, 3.8) is 0 Å². The van der Waals surface area contributed by atoms with Crippen molar-refractivity contribution in [2.24, 2.45) is 10.9 Å². The number of imidazole rings is 1. The zero-order chi connectivity index (χ0) is 17.7. The van der Waals surface area contributed by atoms with Crippen molar-refractivity contribution in [1.82, 2.24) is 24.4 Å². The molecule has 1 atom stereocenters. The van der Waals surface area contributed by atoms with Gasteiger partial charge in [0.15, 0.2) is 11.5 Å². The van der Waals surface area contributed by atoms with Gasteiger partial charge in [-0.05, 0) is 37.3 Å². The van der Waals surface area contributed by atoms with Gasteiger partial charge in [0.05, 0.1) is 18.2 Å². The molecule has 7 heteroatoms. The predicted molar refractivity (Wildman–Crippen MR) is 99.4 cm³/mol. The maximum Gasteiger partial charge on any atom is 0.165 e. The van der Waals surface area contributed by atoms with Crippen LogP contribution in [0.25, 0.3) is 17.4 Å². The number of hydrogen-bond acceptors (Lipinski definition) is 6. The molecule has 2 N–H and O–H groups in total. The van der Waals surface area contributed by atoms with Crippen LogP contribution in [0.1, 0.15) is 18.4 Å². The average Bonchev–Trinajstić information content (AvgIpc) is 3.35. The van der Waals surface area contributed by atoms with Crippen LogP contribution in [0.3, 0.4) is 0 Å². The summed E-state index contributed by atoms with van der Waals surface area (Å²) < 4.78 is 2.02. The summed E-state index contributed by atoms with van der Waals surface area (Å²) in [4.78, 5) is 20.2. The monoisotopic (exact) mass is 347 g/mol. The molecule has 0 bridgehead atoms. The van der Waals surface area contributed by atoms with E-state index in [-0.39, 0.29) is 6.17 Å². The largest absolute Gasteiger partial charge is 0.382 e. The first-order valence-electron chi connectivity index (χ1n) is 9.01. The number of fused-ring (bicyclic) bond motifs is 2. The number of nitrogens with two attached hydrogens (primary N) is 1. The molecule has 0 radical (unpaired) electrons. The molecule has 1 aliphatic carbocycles. The number of rotatable bonds is 4. The zero-order valence-electron chi connectivity index (χ0n) is 14.7. The lowest BCUT2D eigenvalue weighted by Gasteiger charge is -2.30. The van der Waals surface area contributed by atoms with Gasteiger partial charge in [0, 0.05) is 18.0 Å². The van der Waals surface area contributed by atoms with Crippen molar-refractivity contribution >= 4 is 23.2 Å². The maximum atomic E-state index is 5.92. The third-order valence-corrected chi connectivity index (χ3v) is 5.22. The molecule has 1 aromatic carbocycles. The SMILES string of the molecule is Cc1cccc2c1=CN(CC1CC1)C(Cn1cnc3c(N)ncnc31)N=2. The van der Waals surface area contributed by atoms with Crippen molar-refractivity contribution in [2.45, 2.75) is 32.5 Å². The Morgan fingerprint density at radius 3 is 2.88 bits per heavy atom. The molecule has 3 aromatic rings. The first kappa shape index (κ1) is 15.3. The Morgan fingerprint density at radius 1 is 1.15 bits per heavy atom. The van der Waals surface area contributed by atoms with Gasteiger partial charge in [-0.3, -0.25) is 4.99 Å². The Labute approximate surface area is 150 Å². The van der Waals surface area contributed by atoms with Crippen LogP contribution >= 0.6 is 0 Å². The third-order valence-electron chi connectivity index (χ3n) is 5.22. The topological polar surface area (TPSA) is 85.2 Å². The highest BCUT2D eigenvalue weighted by molar-refractivity contribution is 5.81. The van der Waals surface area contributed by atoms with Crippen LogP contribution in [-0.2, 0) is 6.54 Å². The number of nitrogen functional groups attached to an aromatic ring is 1. The number of aromatic nitrogens is 4. The van der Waals surface area contributed by atoms with Gasteiger partial charge >= 0.3 is 0 Å². The molecular weight excluding hydrogens is 326 g/mol. The van der Waals surface area contributed by atoms with E-state index in [1.54, 1.807) is 6.33 Å². The summed E-state index contributed by atoms with van der Waals surface area (Å²) >= 11 is 0. The van der Waals surface area contributed by atoms with E-state index in [9.17, 15) is 0 Å². The minimum Gasteiger partial charge on any atom is -0.382 e. The van der Waals surface area contributed by atoms with Crippen molar-refractivity contribution in [2.75, 3.05) is 12.3 Å². The van der Waals surface area contributed by atoms with Crippen molar-refractivity contribution in [3.05, 3.63) is 47.0 Å². The molecule has 132 valence electrons. The highest BCUT2D eigenvalue weighted by Gasteiger charge is 2.28. The van der Waals surface area contributed by atoms with E-state index >= 15 is 0 Å². The predicted octanol–water partition coefficient (Wildman–Crippen LogP) is 0.826. The number of benzene rings is 1. The van der Waals surface area contributed by atoms with Crippen LogP contribution in [0, 0.1) is 12.8 Å². The fraction of sp³-hybridized carbons (Fsp3) is 0.368. The summed E-state index contributed by atoms with van der Waals surface area (Å²) in [5.74, 6) is 1.20. The van der Waals surface area contributed by atoms with Crippen LogP contribution < -0.4 is 16.3 Å². The second-order valence-corrected chi connectivity index (χ2v) is 7.21. The normalized spacial score (nSPS) is 19.1. The van der Waals surface area contributed by atoms with Crippen molar-refractivity contribution < 1.29 is 0 Å². The molecule has 7 nitrogen and oxygen atoms in total. The molecule has 0 saturated heterocycles. The Hall–Kier alpha value is -2.96. The average molecular weight is 347 g/mol. The van der Waals surface area contributed by atoms with Crippen LogP contribution in [0.4, 0.5) is 5.82 Å². The molecular formula is C19H21N7. The maximum absolute atomic E-state index is 5.92. The second kappa shape index (κ2) is 5.79. The summed E-state index contributed by atoms with van der Waals surface area (Å²) in [5.41, 5.74) is 8.59. The smallest absolute Gasteiger partial charge is 0.165 e. The zero-order valence-corrected chi connectivity index (χ0v) is 14.7. The summed E-state index contributed by atoms with van der Waals surface area (Å²) in [6.07, 6.45) is 8.21. The van der Waals surface area contributed by atoms with E-state index in [0.29, 0.717) is 17.9 Å². The van der Waals surface area contributed by atoms with Gasteiger partial charge in [-0.2, -0.15) is 0 Å². The van der Waals surface area contributed by atoms with Crippen LogP contribution in [0.5, 0.6) is 0 Å². The van der Waals surface area contributed by atoms with Gasteiger partial charge in [-0.15, -0.1) is 0 Å². The van der Waals surface area contributed by atoms with Crippen molar-refractivity contribution in [3.8, 4) is 0 Å². The molecule has 1 aliphatic heterocycles. The van der Waals surface area contributed by atoms with Gasteiger partial charge in [0.25, 0.3) is 0 Å². The van der Waals surface area contributed by atoms with Gasteiger partial charge in [-0.1, -0.05) is 12.1 Å². The molecule has 3 heterocycles. The fourth-order valence-corrected chi connectivity index (χ4v) is 3.56. The van der Waals surface area contributed by atoms with Gasteiger partial charge in [-0.25, -0.2) is 15.0 Å². The van der Waals surface area contributed by atoms with E-state index in [1.165, 1.54) is 30.0 Å². The van der Waals surface area contributed by atoms with Gasteiger partial charge < -0.3 is 15.2 Å². The minimum absolute atomic E-state index is 0.0264. The summed E-state index contributed by atoms with van der Waals surface area (Å²) in [6.45, 7) is 3.87. The number of anilines is 1. The Kier molecular flexibility index (Phi) is 3.41. The van der Waals surface area contributed by atoms with E-state index in [4.69, 9.17) is 10.7 Å². The standard InChI is InChI=1S/C19H21N7/c1-12-3-2-4-15-14(12)8-25(7-13-5-6-13)16(24-15)9-26-11-23-17-18(20)21-10-22-19(17)26/h2-4,8,10-11,13,16H,5-7,9H2,1H3,(H2,20,21,22). The van der Waals surface area contributed by atoms with Crippen LogP contribution in [0.15, 0.2) is 35.8 Å². The van der Waals surface area contributed by atoms with Crippen LogP contribution in [0.2, 0.25) is 0 Å². The quantitative estimate of drug-likeness (QED) is 0.755. The highest BCUT2D eigenvalue weighted by atomic mass is 15.3. The molecule has 1 fully saturated rings. The lowest BCUT2D eigenvalue weighted by molar-refractivity contribution is 0.264. The highest BCUT2D eigenvalue weighted by Crippen LogP contribution is 2.31. The summed E-state index contributed by atoms with van der Waals surface area (Å²) in [6, 6.07) is 6.30. The van der Waals surface area contributed by atoms with E-state index in [0.717, 1.165) is 23.5 Å². The Bertz CT molecular complexity index is 1100. The molecule has 2 aromatic heterocycles. The molecule has 5 rings (SSSR count). The molecule has 2 aliphatic rings. The lowest BCUT2D eigenvalue weighted by Crippen LogP contribution is -2.45. The lowest BCUT2D eigenvalue weighted by atomic mass is 10.1. The second-order valence-electron chi connectivity index (χ2n) is 7.21. The van der Waals surface area contributed by atoms with Crippen LogP contribution in [-0.4, -0.2) is 37.1 Å². The first-order chi connectivity index (χ1) is 12.7. The first-order valence-corrected chi connectivity index (χ1v) is 9.01. The number of nitrogens with zero attached hydrogens (tertiary/aromatic N) is 6. The molecule has 1 saturated carbocycles. The van der Waals surface area contributed by atoms with Gasteiger partial charge in [0.2, 0.25) is 0 Å². The summed E-state index contributed by atoms with van der Waals surface area (Å²) in [7, 11) is 0. The minimum atomic E-state index is 0.0264. The Balaban J connectivity index is 1.56. The fourth-order valence-electron chi connectivity index (χ4n) is 3.56. The molecule has 1 unspecified atom stereocenters. The Morgan fingerprint density at radius 2 is 2.04 bits per heavy atom. The number of hydrogen-bond donors (Lipinski definition) is 1. The van der Waals surface area contributed by atoms with Crippen molar-refractivity contribution in [1.29, 1.82) is 0 Å². The number of aryl methyl sites for hydroxylation is 1. The molecule has 0 amide bonds. The van der Waals surface area contributed by atoms with Gasteiger partial charge in [0.1, 0.15) is 18.0 Å². The molecule has 26 heavy (non-hydrogen) atoms. The van der Waals surface area contributed by atoms with E-state index < -0.39 is 0 Å². The van der Waals surface area contributed by atoms with E-state index in [1.807, 2.05) is 4.57 Å². The third kappa shape index (κ3) is 2.60. The molecule has 0 spiro atoms. The van der Waals surface area contributed by atoms with E-state index in [2.05, 4.69) is 51.2 Å².